The Kier molecular flexibility index (Phi) is 5.69. The molecule has 0 radical (unpaired) electrons. The van der Waals surface area contributed by atoms with Gasteiger partial charge in [0.15, 0.2) is 0 Å². The maximum absolute atomic E-state index is 11.6. The lowest BCUT2D eigenvalue weighted by Gasteiger charge is -2.18. The summed E-state index contributed by atoms with van der Waals surface area (Å²) in [7, 11) is -3.12. The normalized spacial score (nSPS) is 13.1. The van der Waals surface area contributed by atoms with Crippen molar-refractivity contribution < 1.29 is 14.4 Å². The molecule has 0 saturated heterocycles. The summed E-state index contributed by atoms with van der Waals surface area (Å²) >= 11 is 0. The number of nitrogens with two attached hydrogens (primary N) is 2. The lowest BCUT2D eigenvalue weighted by molar-refractivity contribution is -0.359. The van der Waals surface area contributed by atoms with Crippen LogP contribution in [0.1, 0.15) is 11.1 Å². The Hall–Kier alpha value is -3.32. The summed E-state index contributed by atoms with van der Waals surface area (Å²) in [6.07, 6.45) is 3.61. The van der Waals surface area contributed by atoms with Crippen molar-refractivity contribution >= 4 is 29.9 Å². The zero-order valence-corrected chi connectivity index (χ0v) is 18.0. The molecule has 31 heavy (non-hydrogen) atoms. The van der Waals surface area contributed by atoms with Crippen molar-refractivity contribution in [3.63, 3.8) is 0 Å². The molecule has 2 aromatic heterocycles. The number of nitrogens with zero attached hydrogens (tertiary/aromatic N) is 3. The average Bonchev–Trinajstić information content (AvgIpc) is 2.73. The van der Waals surface area contributed by atoms with E-state index < -0.39 is 7.37 Å². The Balaban J connectivity index is 1.57. The van der Waals surface area contributed by atoms with Crippen molar-refractivity contribution in [3.05, 3.63) is 78.1 Å². The molecule has 8 nitrogen and oxygen atoms in total. The third-order valence-corrected chi connectivity index (χ3v) is 5.80. The second kappa shape index (κ2) is 8.43. The molecule has 0 aliphatic heterocycles. The number of benzene rings is 2. The third-order valence-electron chi connectivity index (χ3n) is 4.85. The number of hydrazine groups is 1. The molecule has 4 rings (SSSR count). The first-order valence-electron chi connectivity index (χ1n) is 9.71. The molecule has 1 atom stereocenters. The quantitative estimate of drug-likeness (QED) is 0.241. The van der Waals surface area contributed by atoms with E-state index in [4.69, 9.17) is 11.6 Å². The van der Waals surface area contributed by atoms with Gasteiger partial charge in [-0.25, -0.2) is 15.8 Å². The van der Waals surface area contributed by atoms with E-state index in [2.05, 4.69) is 15.0 Å². The predicted molar refractivity (Wildman–Crippen MR) is 122 cm³/mol. The summed E-state index contributed by atoms with van der Waals surface area (Å²) in [4.78, 5) is 21.5. The van der Waals surface area contributed by atoms with Crippen LogP contribution in [0.5, 0.6) is 0 Å². The minimum atomic E-state index is -3.12. The van der Waals surface area contributed by atoms with Gasteiger partial charge in [-0.2, -0.15) is 0 Å². The number of hydrogen-bond donors (Lipinski definition) is 3. The van der Waals surface area contributed by atoms with Crippen LogP contribution in [0, 0.1) is 0 Å². The van der Waals surface area contributed by atoms with Crippen LogP contribution in [0.4, 0.5) is 11.6 Å². The smallest absolute Gasteiger partial charge is 0.315 e. The van der Waals surface area contributed by atoms with Crippen molar-refractivity contribution in [2.45, 2.75) is 12.7 Å². The van der Waals surface area contributed by atoms with E-state index in [1.807, 2.05) is 54.6 Å². The zero-order chi connectivity index (χ0) is 22.0. The lowest BCUT2D eigenvalue weighted by Crippen LogP contribution is -2.33. The Morgan fingerprint density at radius 1 is 1.13 bits per heavy atom. The van der Waals surface area contributed by atoms with E-state index in [1.54, 1.807) is 12.4 Å². The second-order valence-corrected chi connectivity index (χ2v) is 10.0. The highest BCUT2D eigenvalue weighted by molar-refractivity contribution is 7.56. The number of nitrogen functional groups attached to an aromatic ring is 1. The number of anilines is 2. The number of fused-ring (bicyclic) bond motifs is 1. The van der Waals surface area contributed by atoms with E-state index in [9.17, 15) is 9.46 Å². The molecule has 6 N–H and O–H groups in total. The van der Waals surface area contributed by atoms with Gasteiger partial charge in [-0.3, -0.25) is 20.3 Å². The molecule has 2 aromatic carbocycles. The number of aromatic amines is 1. The Bertz CT molecular complexity index is 1270. The van der Waals surface area contributed by atoms with E-state index >= 15 is 0 Å². The first-order chi connectivity index (χ1) is 14.8. The molecule has 0 amide bonds. The van der Waals surface area contributed by atoms with E-state index in [1.165, 1.54) is 11.7 Å². The fraction of sp³-hybridized carbons (Fsp3) is 0.136. The number of pyridine rings is 1. The molecule has 0 aliphatic carbocycles. The number of nitrogens with one attached hydrogen (secondary N) is 1. The third kappa shape index (κ3) is 5.06. The molecule has 2 heterocycles. The zero-order valence-electron chi connectivity index (χ0n) is 17.1. The minimum Gasteiger partial charge on any atom is -0.344 e. The van der Waals surface area contributed by atoms with Crippen LogP contribution < -0.4 is 21.6 Å². The highest BCUT2D eigenvalue weighted by atomic mass is 31.2. The molecule has 0 aliphatic rings. The summed E-state index contributed by atoms with van der Waals surface area (Å²) in [5, 5.41) is 2.54. The molecule has 0 fully saturated rings. The van der Waals surface area contributed by atoms with Gasteiger partial charge in [0.05, 0.1) is 12.1 Å². The van der Waals surface area contributed by atoms with Gasteiger partial charge in [0.2, 0.25) is 13.2 Å². The van der Waals surface area contributed by atoms with Crippen LogP contribution in [-0.2, 0) is 17.3 Å². The Labute approximate surface area is 180 Å². The molecular weight excluding hydrogens is 411 g/mol. The standard InChI is InChI=1S/C22H23N6O2P/c1-31(29,30)14-15-4-7-17(8-5-15)20-12-26-21(23)22(27-20)28(24)13-16-6-9-19-18(11-16)3-2-10-25-19/h2-12H,13-14,24H2,1H3,(H2,23,26)(H,29,30)/p+1. The minimum absolute atomic E-state index is 0.137. The van der Waals surface area contributed by atoms with E-state index in [-0.39, 0.29) is 6.16 Å². The molecule has 9 heteroatoms. The van der Waals surface area contributed by atoms with Gasteiger partial charge < -0.3 is 4.89 Å². The number of rotatable bonds is 6. The largest absolute Gasteiger partial charge is 0.344 e. The molecule has 1 unspecified atom stereocenters. The number of H-pyrrole nitrogens is 1. The first kappa shape index (κ1) is 20.9. The van der Waals surface area contributed by atoms with Gasteiger partial charge in [-0.1, -0.05) is 36.4 Å². The van der Waals surface area contributed by atoms with Crippen LogP contribution in [0.3, 0.4) is 0 Å². The van der Waals surface area contributed by atoms with Gasteiger partial charge in [0.1, 0.15) is 11.9 Å². The van der Waals surface area contributed by atoms with Crippen molar-refractivity contribution in [3.8, 4) is 11.3 Å². The average molecular weight is 435 g/mol. The highest BCUT2D eigenvalue weighted by Gasteiger charge is 2.17. The van der Waals surface area contributed by atoms with E-state index in [0.717, 1.165) is 27.6 Å². The fourth-order valence-electron chi connectivity index (χ4n) is 3.40. The molecule has 4 aromatic rings. The summed E-state index contributed by atoms with van der Waals surface area (Å²) in [6, 6.07) is 17.2. The van der Waals surface area contributed by atoms with Gasteiger partial charge in [0.25, 0.3) is 0 Å². The van der Waals surface area contributed by atoms with Gasteiger partial charge in [0, 0.05) is 30.0 Å². The lowest BCUT2D eigenvalue weighted by atomic mass is 10.1. The summed E-state index contributed by atoms with van der Waals surface area (Å²) in [5.74, 6) is 7.10. The summed E-state index contributed by atoms with van der Waals surface area (Å²) in [6.45, 7) is 1.77. The fourth-order valence-corrected chi connectivity index (χ4v) is 4.29. The van der Waals surface area contributed by atoms with Crippen molar-refractivity contribution in [2.24, 2.45) is 5.84 Å². The van der Waals surface area contributed by atoms with Gasteiger partial charge in [-0.15, -0.1) is 0 Å². The number of aromatic nitrogens is 3. The van der Waals surface area contributed by atoms with Crippen LogP contribution in [0.25, 0.3) is 22.2 Å². The monoisotopic (exact) mass is 435 g/mol. The molecular formula is C22H24N6O2P+. The highest BCUT2D eigenvalue weighted by Crippen LogP contribution is 2.39. The molecule has 0 spiro atoms. The summed E-state index contributed by atoms with van der Waals surface area (Å²) < 4.78 is 11.6. The SMILES string of the molecule is CP(=O)(O)Cc1ccc(-c2c[nH+]c(N)c(N(N)Cc3ccc4ncccc4c3)n2)cc1. The van der Waals surface area contributed by atoms with Crippen molar-refractivity contribution in [1.82, 2.24) is 9.97 Å². The van der Waals surface area contributed by atoms with Crippen molar-refractivity contribution in [2.75, 3.05) is 17.4 Å². The van der Waals surface area contributed by atoms with Crippen molar-refractivity contribution in [1.29, 1.82) is 0 Å². The van der Waals surface area contributed by atoms with E-state index in [0.29, 0.717) is 23.9 Å². The number of hydrogen-bond acceptors (Lipinski definition) is 6. The first-order valence-corrected chi connectivity index (χ1v) is 12.0. The maximum atomic E-state index is 11.6. The van der Waals surface area contributed by atoms with Crippen LogP contribution >= 0.6 is 7.37 Å². The topological polar surface area (TPSA) is 132 Å². The van der Waals surface area contributed by atoms with Crippen LogP contribution in [0.2, 0.25) is 0 Å². The predicted octanol–water partition coefficient (Wildman–Crippen LogP) is 2.97. The second-order valence-electron chi connectivity index (χ2n) is 7.59. The molecule has 158 valence electrons. The molecule has 0 saturated carbocycles. The van der Waals surface area contributed by atoms with Crippen LogP contribution in [-0.4, -0.2) is 21.5 Å². The Morgan fingerprint density at radius 2 is 1.87 bits per heavy atom. The Morgan fingerprint density at radius 3 is 2.61 bits per heavy atom. The maximum Gasteiger partial charge on any atom is 0.315 e. The van der Waals surface area contributed by atoms with Gasteiger partial charge >= 0.3 is 5.82 Å². The van der Waals surface area contributed by atoms with Crippen LogP contribution in [0.15, 0.2) is 67.0 Å². The van der Waals surface area contributed by atoms with Gasteiger partial charge in [-0.05, 0) is 29.3 Å². The molecule has 0 bridgehead atoms. The summed E-state index contributed by atoms with van der Waals surface area (Å²) in [5.41, 5.74) is 10.3.